The maximum atomic E-state index is 14.7. The smallest absolute Gasteiger partial charge is 0.326 e. The van der Waals surface area contributed by atoms with Gasteiger partial charge in [-0.15, -0.1) is 11.3 Å². The molecule has 1 aromatic heterocycles. The number of carboxylic acids is 1. The van der Waals surface area contributed by atoms with Crippen LogP contribution >= 0.6 is 11.3 Å². The summed E-state index contributed by atoms with van der Waals surface area (Å²) in [5.74, 6) is -2.36. The van der Waals surface area contributed by atoms with Gasteiger partial charge in [-0.25, -0.2) is 4.79 Å². The van der Waals surface area contributed by atoms with Gasteiger partial charge in [-0.3, -0.25) is 24.2 Å². The molecule has 2 saturated carbocycles. The molecule has 2 saturated heterocycles. The lowest BCUT2D eigenvalue weighted by Gasteiger charge is -2.39. The average Bonchev–Trinajstić information content (AvgIpc) is 3.82. The van der Waals surface area contributed by atoms with Crippen LogP contribution in [0.15, 0.2) is 22.5 Å². The first kappa shape index (κ1) is 35.6. The third-order valence-electron chi connectivity index (χ3n) is 10.6. The number of carbonyl (C=O) groups excluding carboxylic acids is 4. The molecule has 4 fully saturated rings. The molecule has 264 valence electrons. The summed E-state index contributed by atoms with van der Waals surface area (Å²) in [6, 6.07) is 0.00175. The van der Waals surface area contributed by atoms with Gasteiger partial charge in [0, 0.05) is 29.9 Å². The van der Waals surface area contributed by atoms with E-state index in [9.17, 15) is 29.1 Å². The second-order valence-corrected chi connectivity index (χ2v) is 14.8. The van der Waals surface area contributed by atoms with Crippen LogP contribution in [0.5, 0.6) is 0 Å². The number of aliphatic carboxylic acids is 1. The molecule has 2 aliphatic carbocycles. The van der Waals surface area contributed by atoms with Crippen molar-refractivity contribution in [1.29, 1.82) is 0 Å². The zero-order valence-electron chi connectivity index (χ0n) is 27.4. The summed E-state index contributed by atoms with van der Waals surface area (Å²) in [4.78, 5) is 75.2. The highest BCUT2D eigenvalue weighted by atomic mass is 32.1. The Morgan fingerprint density at radius 1 is 0.958 bits per heavy atom. The first-order valence-corrected chi connectivity index (χ1v) is 18.2. The predicted molar refractivity (Wildman–Crippen MR) is 180 cm³/mol. The summed E-state index contributed by atoms with van der Waals surface area (Å²) in [5.41, 5.74) is 17.3. The summed E-state index contributed by atoms with van der Waals surface area (Å²) in [6.45, 7) is -0.0528. The van der Waals surface area contributed by atoms with Gasteiger partial charge in [-0.2, -0.15) is 0 Å². The normalized spacial score (nSPS) is 27.7. The lowest BCUT2D eigenvalue weighted by molar-refractivity contribution is -0.150. The molecule has 5 rings (SSSR count). The van der Waals surface area contributed by atoms with Crippen molar-refractivity contribution in [2.75, 3.05) is 13.1 Å². The Labute approximate surface area is 285 Å². The summed E-state index contributed by atoms with van der Waals surface area (Å²) in [7, 11) is 0. The molecule has 3 heterocycles. The minimum atomic E-state index is -1.16. The SMILES string of the molecule is NC(N)=NCCC[C@@H](N)C(=O)N1[C@H](C(=O)N2[C@H](C(=O)NCC(=O)N[C@@H](Cc3cccs3)C(=O)O)C[C@@H]3CCCC[C@@H]32)C[C@@H]2CCCC[C@@H]21. The molecule has 0 aromatic carbocycles. The Kier molecular flexibility index (Phi) is 11.9. The van der Waals surface area contributed by atoms with E-state index in [1.54, 1.807) is 15.9 Å². The van der Waals surface area contributed by atoms with Gasteiger partial charge in [0.15, 0.2) is 5.96 Å². The zero-order valence-corrected chi connectivity index (χ0v) is 28.2. The number of hydrogen-bond acceptors (Lipinski definition) is 8. The van der Waals surface area contributed by atoms with Crippen LogP contribution in [-0.4, -0.2) is 99.8 Å². The third kappa shape index (κ3) is 8.28. The molecule has 0 spiro atoms. The number of nitrogens with two attached hydrogens (primary N) is 3. The molecule has 4 amide bonds. The number of amides is 4. The molecule has 9 N–H and O–H groups in total. The molecular weight excluding hydrogens is 636 g/mol. The fourth-order valence-corrected chi connectivity index (χ4v) is 9.13. The Bertz CT molecular complexity index is 1350. The first-order chi connectivity index (χ1) is 23.0. The molecule has 8 atom stereocenters. The molecule has 0 bridgehead atoms. The highest BCUT2D eigenvalue weighted by molar-refractivity contribution is 7.09. The maximum absolute atomic E-state index is 14.7. The Balaban J connectivity index is 1.29. The average molecular weight is 687 g/mol. The second kappa shape index (κ2) is 16.1. The Hall–Kier alpha value is -3.72. The predicted octanol–water partition coefficient (Wildman–Crippen LogP) is 0.677. The molecule has 15 heteroatoms. The number of carboxylic acid groups (broad SMARTS) is 1. The number of nitrogens with zero attached hydrogens (tertiary/aromatic N) is 3. The Morgan fingerprint density at radius 2 is 1.60 bits per heavy atom. The Morgan fingerprint density at radius 3 is 2.23 bits per heavy atom. The number of carbonyl (C=O) groups is 5. The van der Waals surface area contributed by atoms with Crippen molar-refractivity contribution < 1.29 is 29.1 Å². The fraction of sp³-hybridized carbons (Fsp3) is 0.697. The quantitative estimate of drug-likeness (QED) is 0.0973. The van der Waals surface area contributed by atoms with Crippen molar-refractivity contribution in [2.24, 2.45) is 34.0 Å². The van der Waals surface area contributed by atoms with Gasteiger partial charge in [-0.05, 0) is 74.6 Å². The van der Waals surface area contributed by atoms with Crippen molar-refractivity contribution in [3.05, 3.63) is 22.4 Å². The number of nitrogens with one attached hydrogen (secondary N) is 2. The monoisotopic (exact) mass is 686 g/mol. The topological polar surface area (TPSA) is 227 Å². The van der Waals surface area contributed by atoms with Crippen LogP contribution in [0, 0.1) is 11.8 Å². The van der Waals surface area contributed by atoms with E-state index in [1.165, 1.54) is 11.3 Å². The number of fused-ring (bicyclic) bond motifs is 2. The maximum Gasteiger partial charge on any atom is 0.326 e. The van der Waals surface area contributed by atoms with Crippen molar-refractivity contribution in [1.82, 2.24) is 20.4 Å². The lowest BCUT2D eigenvalue weighted by Crippen LogP contribution is -2.59. The lowest BCUT2D eigenvalue weighted by atomic mass is 9.84. The molecule has 0 unspecified atom stereocenters. The standard InChI is InChI=1S/C33H50N8O6S/c34-22(10-5-13-37-33(35)36)30(44)41-25-12-4-2-8-20(25)16-27(41)31(45)40-24-11-3-1-7-19(24)15-26(40)29(43)38-18-28(42)39-23(32(46)47)17-21-9-6-14-48-21/h6,9,14,19-20,22-27H,1-5,7-8,10-13,15-18,34H2,(H,38,43)(H,39,42)(H,46,47)(H4,35,36,37)/t19-,20-,22+,23-,24-,25-,26-,27-/m0/s1. The molecule has 1 aromatic rings. The number of rotatable bonds is 13. The van der Waals surface area contributed by atoms with Gasteiger partial charge in [0.2, 0.25) is 23.6 Å². The van der Waals surface area contributed by atoms with E-state index >= 15 is 0 Å². The molecule has 14 nitrogen and oxygen atoms in total. The van der Waals surface area contributed by atoms with Crippen LogP contribution < -0.4 is 27.8 Å². The van der Waals surface area contributed by atoms with Crippen LogP contribution in [-0.2, 0) is 30.4 Å². The van der Waals surface area contributed by atoms with E-state index in [0.717, 1.165) is 56.2 Å². The fourth-order valence-electron chi connectivity index (χ4n) is 8.38. The largest absolute Gasteiger partial charge is 0.480 e. The summed E-state index contributed by atoms with van der Waals surface area (Å²) in [6.07, 6.45) is 9.49. The van der Waals surface area contributed by atoms with E-state index < -0.39 is 48.5 Å². The van der Waals surface area contributed by atoms with Crippen molar-refractivity contribution in [3.63, 3.8) is 0 Å². The van der Waals surface area contributed by atoms with Crippen LogP contribution in [0.2, 0.25) is 0 Å². The van der Waals surface area contributed by atoms with Crippen molar-refractivity contribution in [3.8, 4) is 0 Å². The van der Waals surface area contributed by atoms with E-state index in [0.29, 0.717) is 32.2 Å². The molecular formula is C33H50N8O6S. The van der Waals surface area contributed by atoms with E-state index in [-0.39, 0.29) is 48.1 Å². The second-order valence-electron chi connectivity index (χ2n) is 13.7. The van der Waals surface area contributed by atoms with Gasteiger partial charge in [0.25, 0.3) is 0 Å². The summed E-state index contributed by atoms with van der Waals surface area (Å²) >= 11 is 1.40. The van der Waals surface area contributed by atoms with Crippen molar-refractivity contribution >= 4 is 46.9 Å². The third-order valence-corrected chi connectivity index (χ3v) is 11.5. The van der Waals surface area contributed by atoms with Crippen LogP contribution in [0.1, 0.15) is 81.9 Å². The van der Waals surface area contributed by atoms with Crippen LogP contribution in [0.3, 0.4) is 0 Å². The van der Waals surface area contributed by atoms with Crippen LogP contribution in [0.25, 0.3) is 0 Å². The number of likely N-dealkylation sites (tertiary alicyclic amines) is 2. The molecule has 0 radical (unpaired) electrons. The van der Waals surface area contributed by atoms with Gasteiger partial charge < -0.3 is 42.7 Å². The van der Waals surface area contributed by atoms with Gasteiger partial charge >= 0.3 is 5.97 Å². The summed E-state index contributed by atoms with van der Waals surface area (Å²) < 4.78 is 0. The van der Waals surface area contributed by atoms with Crippen LogP contribution in [0.4, 0.5) is 0 Å². The summed E-state index contributed by atoms with van der Waals surface area (Å²) in [5, 5.41) is 16.7. The van der Waals surface area contributed by atoms with Gasteiger partial charge in [0.05, 0.1) is 12.6 Å². The van der Waals surface area contributed by atoms with Gasteiger partial charge in [-0.1, -0.05) is 31.7 Å². The number of aliphatic imine (C=N–C) groups is 1. The highest BCUT2D eigenvalue weighted by Gasteiger charge is 2.54. The van der Waals surface area contributed by atoms with E-state index in [4.69, 9.17) is 17.2 Å². The van der Waals surface area contributed by atoms with Crippen molar-refractivity contribution in [2.45, 2.75) is 120 Å². The van der Waals surface area contributed by atoms with Gasteiger partial charge in [0.1, 0.15) is 18.1 Å². The minimum absolute atomic E-state index is 0.0189. The zero-order chi connectivity index (χ0) is 34.4. The number of guanidine groups is 1. The number of thiophene rings is 1. The number of hydrogen-bond donors (Lipinski definition) is 6. The van der Waals surface area contributed by atoms with E-state index in [2.05, 4.69) is 15.6 Å². The highest BCUT2D eigenvalue weighted by Crippen LogP contribution is 2.44. The first-order valence-electron chi connectivity index (χ1n) is 17.3. The molecule has 4 aliphatic rings. The molecule has 2 aliphatic heterocycles. The minimum Gasteiger partial charge on any atom is -0.480 e. The van der Waals surface area contributed by atoms with E-state index in [1.807, 2.05) is 11.4 Å². The molecule has 48 heavy (non-hydrogen) atoms.